The van der Waals surface area contributed by atoms with E-state index in [0.717, 1.165) is 148 Å². The number of hydrogen-bond donors (Lipinski definition) is 0. The number of unbranched alkanes of at least 4 members (excludes halogenated alkanes) is 19. The van der Waals surface area contributed by atoms with Crippen molar-refractivity contribution in [2.45, 2.75) is 245 Å². The van der Waals surface area contributed by atoms with Crippen LogP contribution in [-0.2, 0) is 28.6 Å². The number of carbonyl (C=O) groups is 3. The summed E-state index contributed by atoms with van der Waals surface area (Å²) in [7, 11) is 0. The highest BCUT2D eigenvalue weighted by Crippen LogP contribution is 2.13. The third-order valence-corrected chi connectivity index (χ3v) is 11.2. The molecule has 0 amide bonds. The topological polar surface area (TPSA) is 78.9 Å². The van der Waals surface area contributed by atoms with E-state index >= 15 is 0 Å². The Kier molecular flexibility index (Phi) is 51.5. The smallest absolute Gasteiger partial charge is 0.306 e. The summed E-state index contributed by atoms with van der Waals surface area (Å²) in [6.07, 6.45) is 73.5. The van der Waals surface area contributed by atoms with Crippen molar-refractivity contribution in [2.75, 3.05) is 13.2 Å². The normalized spacial score (nSPS) is 12.9. The molecular weight excluding hydrogens is 829 g/mol. The van der Waals surface area contributed by atoms with Crippen LogP contribution in [0.1, 0.15) is 239 Å². The zero-order valence-electron chi connectivity index (χ0n) is 43.4. The lowest BCUT2D eigenvalue weighted by Gasteiger charge is -2.18. The van der Waals surface area contributed by atoms with Crippen molar-refractivity contribution in [3.63, 3.8) is 0 Å². The fraction of sp³-hybridized carbons (Fsp3) is 0.656. The zero-order chi connectivity index (χ0) is 48.6. The molecule has 0 rings (SSSR count). The maximum Gasteiger partial charge on any atom is 0.306 e. The Labute approximate surface area is 412 Å². The van der Waals surface area contributed by atoms with Crippen LogP contribution in [0.3, 0.4) is 0 Å². The largest absolute Gasteiger partial charge is 0.462 e. The van der Waals surface area contributed by atoms with Gasteiger partial charge < -0.3 is 14.2 Å². The first-order valence-corrected chi connectivity index (χ1v) is 27.4. The number of rotatable bonds is 48. The fourth-order valence-electron chi connectivity index (χ4n) is 7.12. The van der Waals surface area contributed by atoms with E-state index in [1.165, 1.54) is 51.4 Å². The molecule has 0 aromatic carbocycles. The van der Waals surface area contributed by atoms with Crippen molar-refractivity contribution in [1.29, 1.82) is 0 Å². The molecule has 0 aromatic rings. The summed E-state index contributed by atoms with van der Waals surface area (Å²) < 4.78 is 16.8. The monoisotopic (exact) mass is 929 g/mol. The van der Waals surface area contributed by atoms with Gasteiger partial charge in [-0.15, -0.1) is 0 Å². The van der Waals surface area contributed by atoms with Gasteiger partial charge >= 0.3 is 17.9 Å². The van der Waals surface area contributed by atoms with Crippen molar-refractivity contribution in [3.8, 4) is 0 Å². The second kappa shape index (κ2) is 54.7. The summed E-state index contributed by atoms with van der Waals surface area (Å²) in [5, 5.41) is 0. The van der Waals surface area contributed by atoms with E-state index in [9.17, 15) is 14.4 Å². The van der Waals surface area contributed by atoms with Gasteiger partial charge in [0.2, 0.25) is 0 Å². The van der Waals surface area contributed by atoms with Gasteiger partial charge in [0, 0.05) is 19.3 Å². The first kappa shape index (κ1) is 63.1. The van der Waals surface area contributed by atoms with Crippen LogP contribution < -0.4 is 0 Å². The van der Waals surface area contributed by atoms with Crippen LogP contribution in [-0.4, -0.2) is 37.2 Å². The van der Waals surface area contributed by atoms with E-state index in [4.69, 9.17) is 14.2 Å². The number of allylic oxidation sites excluding steroid dienone is 18. The Bertz CT molecular complexity index is 1390. The number of hydrogen-bond acceptors (Lipinski definition) is 6. The summed E-state index contributed by atoms with van der Waals surface area (Å²) in [5.74, 6) is -0.966. The van der Waals surface area contributed by atoms with Gasteiger partial charge in [-0.05, 0) is 128 Å². The molecule has 6 nitrogen and oxygen atoms in total. The molecule has 0 aliphatic heterocycles. The van der Waals surface area contributed by atoms with E-state index in [1.807, 2.05) is 0 Å². The second-order valence-electron chi connectivity index (χ2n) is 17.7. The second-order valence-corrected chi connectivity index (χ2v) is 17.7. The van der Waals surface area contributed by atoms with Gasteiger partial charge in [0.15, 0.2) is 6.10 Å². The molecule has 67 heavy (non-hydrogen) atoms. The Hall–Kier alpha value is -3.93. The first-order chi connectivity index (χ1) is 33.0. The third kappa shape index (κ3) is 52.9. The lowest BCUT2D eigenvalue weighted by atomic mass is 10.1. The molecule has 0 radical (unpaired) electrons. The highest BCUT2D eigenvalue weighted by atomic mass is 16.6. The Morgan fingerprint density at radius 3 is 0.925 bits per heavy atom. The van der Waals surface area contributed by atoms with E-state index in [1.54, 1.807) is 0 Å². The molecule has 0 unspecified atom stereocenters. The van der Waals surface area contributed by atoms with Crippen LogP contribution in [0.25, 0.3) is 0 Å². The molecule has 0 aliphatic carbocycles. The lowest BCUT2D eigenvalue weighted by Crippen LogP contribution is -2.30. The summed E-state index contributed by atoms with van der Waals surface area (Å²) in [4.78, 5) is 38.1. The van der Waals surface area contributed by atoms with Gasteiger partial charge in [-0.1, -0.05) is 201 Å². The standard InChI is InChI=1S/C61H100O6/c1-4-7-10-13-16-19-22-25-28-29-30-31-34-36-39-42-45-48-51-54-60(63)66-57-58(67-61(64)55-52-49-46-43-40-37-33-27-24-21-18-15-12-9-6-3)56-65-59(62)53-50-47-44-41-38-35-32-26-23-20-17-14-11-8-5-2/h7,10,16-21,25-28,30-33,36,39,58H,4-6,8-9,11-15,22-24,29,34-35,37-38,40-57H2,1-3H3/t58-/m1/s1. The maximum atomic E-state index is 12.8. The fourth-order valence-corrected chi connectivity index (χ4v) is 7.12. The molecule has 0 spiro atoms. The quantitative estimate of drug-likeness (QED) is 0.0262. The first-order valence-electron chi connectivity index (χ1n) is 27.4. The average molecular weight is 929 g/mol. The van der Waals surface area contributed by atoms with Crippen LogP contribution in [0.15, 0.2) is 109 Å². The van der Waals surface area contributed by atoms with Crippen molar-refractivity contribution in [1.82, 2.24) is 0 Å². The maximum absolute atomic E-state index is 12.8. The van der Waals surface area contributed by atoms with Crippen molar-refractivity contribution in [3.05, 3.63) is 109 Å². The molecule has 6 heteroatoms. The molecule has 1 atom stereocenters. The van der Waals surface area contributed by atoms with Crippen LogP contribution in [0.2, 0.25) is 0 Å². The van der Waals surface area contributed by atoms with E-state index in [0.29, 0.717) is 19.3 Å². The minimum Gasteiger partial charge on any atom is -0.462 e. The minimum atomic E-state index is -0.807. The third-order valence-electron chi connectivity index (χ3n) is 11.2. The molecular formula is C61H100O6. The van der Waals surface area contributed by atoms with Gasteiger partial charge in [-0.25, -0.2) is 0 Å². The van der Waals surface area contributed by atoms with Crippen molar-refractivity contribution < 1.29 is 28.6 Å². The zero-order valence-corrected chi connectivity index (χ0v) is 43.4. The minimum absolute atomic E-state index is 0.104. The van der Waals surface area contributed by atoms with Crippen LogP contribution >= 0.6 is 0 Å². The molecule has 0 saturated carbocycles. The predicted molar refractivity (Wildman–Crippen MR) is 288 cm³/mol. The molecule has 0 saturated heterocycles. The summed E-state index contributed by atoms with van der Waals surface area (Å²) >= 11 is 0. The lowest BCUT2D eigenvalue weighted by molar-refractivity contribution is -0.167. The molecule has 0 bridgehead atoms. The predicted octanol–water partition coefficient (Wildman–Crippen LogP) is 18.3. The SMILES string of the molecule is CCC=CCC=CCC=CCC=CCC=CCCCCCC(=O)OC[C@@H](COC(=O)CCCCCCCC=CCC=CCCCCC)OC(=O)CCCCCCCC=CCC=CCCCCC. The van der Waals surface area contributed by atoms with Crippen molar-refractivity contribution in [2.24, 2.45) is 0 Å². The molecule has 380 valence electrons. The molecule has 0 aliphatic rings. The van der Waals surface area contributed by atoms with Crippen LogP contribution in [0.4, 0.5) is 0 Å². The van der Waals surface area contributed by atoms with Crippen molar-refractivity contribution >= 4 is 17.9 Å². The van der Waals surface area contributed by atoms with E-state index < -0.39 is 6.10 Å². The van der Waals surface area contributed by atoms with Gasteiger partial charge in [0.1, 0.15) is 13.2 Å². The summed E-state index contributed by atoms with van der Waals surface area (Å²) in [5.41, 5.74) is 0. The average Bonchev–Trinajstić information content (AvgIpc) is 3.33. The Morgan fingerprint density at radius 2 is 0.582 bits per heavy atom. The van der Waals surface area contributed by atoms with Gasteiger partial charge in [0.25, 0.3) is 0 Å². The van der Waals surface area contributed by atoms with E-state index in [-0.39, 0.29) is 31.1 Å². The number of esters is 3. The number of carbonyl (C=O) groups excluding carboxylic acids is 3. The van der Waals surface area contributed by atoms with E-state index in [2.05, 4.69) is 130 Å². The van der Waals surface area contributed by atoms with Gasteiger partial charge in [0.05, 0.1) is 0 Å². The number of ether oxygens (including phenoxy) is 3. The van der Waals surface area contributed by atoms with Gasteiger partial charge in [-0.3, -0.25) is 14.4 Å². The van der Waals surface area contributed by atoms with Gasteiger partial charge in [-0.2, -0.15) is 0 Å². The molecule has 0 fully saturated rings. The highest BCUT2D eigenvalue weighted by Gasteiger charge is 2.19. The molecule has 0 N–H and O–H groups in total. The Morgan fingerprint density at radius 1 is 0.313 bits per heavy atom. The van der Waals surface area contributed by atoms with Crippen LogP contribution in [0, 0.1) is 0 Å². The van der Waals surface area contributed by atoms with Crippen LogP contribution in [0.5, 0.6) is 0 Å². The highest BCUT2D eigenvalue weighted by molar-refractivity contribution is 5.71. The Balaban J connectivity index is 4.51. The summed E-state index contributed by atoms with van der Waals surface area (Å²) in [6, 6.07) is 0. The summed E-state index contributed by atoms with van der Waals surface area (Å²) in [6.45, 7) is 6.41. The molecule has 0 heterocycles. The molecule has 0 aromatic heterocycles.